The lowest BCUT2D eigenvalue weighted by atomic mass is 9.90. The van der Waals surface area contributed by atoms with Crippen LogP contribution in [0, 0.1) is 6.92 Å². The van der Waals surface area contributed by atoms with Crippen LogP contribution in [0.3, 0.4) is 0 Å². The summed E-state index contributed by atoms with van der Waals surface area (Å²) in [5.41, 5.74) is 6.54. The van der Waals surface area contributed by atoms with E-state index in [0.717, 1.165) is 23.0 Å². The Bertz CT molecular complexity index is 339. The predicted molar refractivity (Wildman–Crippen MR) is 56.1 cm³/mol. The minimum Gasteiger partial charge on any atom is -0.460 e. The van der Waals surface area contributed by atoms with Crippen LogP contribution in [0.2, 0.25) is 0 Å². The second-order valence-electron chi connectivity index (χ2n) is 3.56. The Morgan fingerprint density at radius 3 is 2.86 bits per heavy atom. The Morgan fingerprint density at radius 1 is 1.57 bits per heavy atom. The first-order chi connectivity index (χ1) is 6.65. The van der Waals surface area contributed by atoms with Gasteiger partial charge >= 0.3 is 6.01 Å². The highest BCUT2D eigenvalue weighted by atomic mass is 79.9. The number of nitrogens with zero attached hydrogens (tertiary/aromatic N) is 2. The summed E-state index contributed by atoms with van der Waals surface area (Å²) in [5.74, 6) is 0. The fourth-order valence-corrected chi connectivity index (χ4v) is 1.53. The monoisotopic (exact) mass is 257 g/mol. The lowest BCUT2D eigenvalue weighted by Crippen LogP contribution is -2.43. The molecule has 2 rings (SSSR count). The van der Waals surface area contributed by atoms with Gasteiger partial charge in [-0.15, -0.1) is 0 Å². The molecule has 0 saturated heterocycles. The quantitative estimate of drug-likeness (QED) is 0.871. The summed E-state index contributed by atoms with van der Waals surface area (Å²) in [5, 5.41) is 0. The van der Waals surface area contributed by atoms with Crippen LogP contribution >= 0.6 is 15.9 Å². The van der Waals surface area contributed by atoms with Gasteiger partial charge in [0.05, 0.1) is 10.2 Å². The van der Waals surface area contributed by atoms with Crippen molar-refractivity contribution in [2.24, 2.45) is 5.73 Å². The van der Waals surface area contributed by atoms with Crippen molar-refractivity contribution in [2.75, 3.05) is 0 Å². The molecular weight excluding hydrogens is 246 g/mol. The summed E-state index contributed by atoms with van der Waals surface area (Å²) in [7, 11) is 0. The highest BCUT2D eigenvalue weighted by Crippen LogP contribution is 2.23. The van der Waals surface area contributed by atoms with Gasteiger partial charge in [-0.1, -0.05) is 0 Å². The first kappa shape index (κ1) is 9.86. The number of nitrogens with two attached hydrogens (primary N) is 1. The topological polar surface area (TPSA) is 61.0 Å². The first-order valence-corrected chi connectivity index (χ1v) is 5.36. The molecule has 2 N–H and O–H groups in total. The van der Waals surface area contributed by atoms with Crippen molar-refractivity contribution in [1.29, 1.82) is 0 Å². The molecule has 5 heteroatoms. The molecule has 1 aliphatic rings. The molecule has 0 aromatic carbocycles. The third kappa shape index (κ3) is 2.04. The van der Waals surface area contributed by atoms with E-state index >= 15 is 0 Å². The molecule has 0 spiro atoms. The minimum absolute atomic E-state index is 0.200. The van der Waals surface area contributed by atoms with Crippen LogP contribution in [0.5, 0.6) is 6.01 Å². The van der Waals surface area contributed by atoms with Crippen molar-refractivity contribution in [2.45, 2.75) is 31.9 Å². The van der Waals surface area contributed by atoms with Gasteiger partial charge in [0, 0.05) is 12.2 Å². The van der Waals surface area contributed by atoms with E-state index in [4.69, 9.17) is 10.5 Å². The van der Waals surface area contributed by atoms with Crippen LogP contribution in [0.15, 0.2) is 10.7 Å². The van der Waals surface area contributed by atoms with Gasteiger partial charge in [-0.05, 0) is 35.7 Å². The standard InChI is InChI=1S/C9H12BrN3O/c1-5-8(10)4-12-9(13-5)14-7-2-6(11)3-7/h4,6-7H,2-3,11H2,1H3. The molecule has 1 saturated carbocycles. The number of aromatic nitrogens is 2. The molecule has 1 fully saturated rings. The average Bonchev–Trinajstić information content (AvgIpc) is 2.09. The zero-order chi connectivity index (χ0) is 10.1. The average molecular weight is 258 g/mol. The van der Waals surface area contributed by atoms with E-state index in [1.807, 2.05) is 6.92 Å². The van der Waals surface area contributed by atoms with Crippen LogP contribution in [-0.2, 0) is 0 Å². The molecule has 0 bridgehead atoms. The third-order valence-electron chi connectivity index (χ3n) is 2.30. The number of ether oxygens (including phenoxy) is 1. The predicted octanol–water partition coefficient (Wildman–Crippen LogP) is 1.42. The maximum atomic E-state index is 5.65. The Morgan fingerprint density at radius 2 is 2.29 bits per heavy atom. The van der Waals surface area contributed by atoms with Gasteiger partial charge in [-0.25, -0.2) is 4.98 Å². The molecule has 0 aliphatic heterocycles. The second-order valence-corrected chi connectivity index (χ2v) is 4.41. The van der Waals surface area contributed by atoms with Crippen LogP contribution in [0.25, 0.3) is 0 Å². The molecule has 4 nitrogen and oxygen atoms in total. The number of hydrogen-bond donors (Lipinski definition) is 1. The van der Waals surface area contributed by atoms with Crippen LogP contribution in [0.4, 0.5) is 0 Å². The highest BCUT2D eigenvalue weighted by molar-refractivity contribution is 9.10. The lowest BCUT2D eigenvalue weighted by Gasteiger charge is -2.31. The molecule has 1 aliphatic carbocycles. The fourth-order valence-electron chi connectivity index (χ4n) is 1.34. The molecule has 0 unspecified atom stereocenters. The number of rotatable bonds is 2. The normalized spacial score (nSPS) is 25.6. The summed E-state index contributed by atoms with van der Waals surface area (Å²) >= 11 is 3.34. The van der Waals surface area contributed by atoms with E-state index in [-0.39, 0.29) is 12.1 Å². The maximum absolute atomic E-state index is 5.65. The van der Waals surface area contributed by atoms with Gasteiger partial charge < -0.3 is 10.5 Å². The van der Waals surface area contributed by atoms with Crippen molar-refractivity contribution < 1.29 is 4.74 Å². The fraction of sp³-hybridized carbons (Fsp3) is 0.556. The van der Waals surface area contributed by atoms with Gasteiger partial charge in [-0.3, -0.25) is 0 Å². The van der Waals surface area contributed by atoms with E-state index in [2.05, 4.69) is 25.9 Å². The van der Waals surface area contributed by atoms with Crippen LogP contribution in [0.1, 0.15) is 18.5 Å². The van der Waals surface area contributed by atoms with Crippen molar-refractivity contribution >= 4 is 15.9 Å². The van der Waals surface area contributed by atoms with E-state index in [1.165, 1.54) is 0 Å². The third-order valence-corrected chi connectivity index (χ3v) is 3.08. The van der Waals surface area contributed by atoms with E-state index < -0.39 is 0 Å². The molecule has 76 valence electrons. The zero-order valence-corrected chi connectivity index (χ0v) is 9.49. The Labute approximate surface area is 91.0 Å². The summed E-state index contributed by atoms with van der Waals surface area (Å²) < 4.78 is 6.43. The molecule has 1 aromatic rings. The summed E-state index contributed by atoms with van der Waals surface area (Å²) in [6, 6.07) is 0.735. The van der Waals surface area contributed by atoms with Crippen molar-refractivity contribution in [1.82, 2.24) is 9.97 Å². The Kier molecular flexibility index (Phi) is 2.69. The smallest absolute Gasteiger partial charge is 0.316 e. The SMILES string of the molecule is Cc1nc(OC2CC(N)C2)ncc1Br. The van der Waals surface area contributed by atoms with E-state index in [0.29, 0.717) is 6.01 Å². The summed E-state index contributed by atoms with van der Waals surface area (Å²) in [6.07, 6.45) is 3.71. The molecule has 0 atom stereocenters. The van der Waals surface area contributed by atoms with E-state index in [9.17, 15) is 0 Å². The van der Waals surface area contributed by atoms with Crippen LogP contribution < -0.4 is 10.5 Å². The van der Waals surface area contributed by atoms with Gasteiger partial charge in [0.15, 0.2) is 0 Å². The second kappa shape index (κ2) is 3.82. The number of halogens is 1. The van der Waals surface area contributed by atoms with Gasteiger partial charge in [0.1, 0.15) is 6.10 Å². The van der Waals surface area contributed by atoms with Gasteiger partial charge in [0.2, 0.25) is 0 Å². The Hall–Kier alpha value is -0.680. The zero-order valence-electron chi connectivity index (χ0n) is 7.90. The summed E-state index contributed by atoms with van der Waals surface area (Å²) in [6.45, 7) is 1.91. The molecule has 14 heavy (non-hydrogen) atoms. The van der Waals surface area contributed by atoms with Gasteiger partial charge in [-0.2, -0.15) is 4.98 Å². The lowest BCUT2D eigenvalue weighted by molar-refractivity contribution is 0.0901. The Balaban J connectivity index is 2.00. The van der Waals surface area contributed by atoms with Crippen LogP contribution in [-0.4, -0.2) is 22.1 Å². The molecule has 0 radical (unpaired) electrons. The number of hydrogen-bond acceptors (Lipinski definition) is 4. The van der Waals surface area contributed by atoms with Crippen molar-refractivity contribution in [3.8, 4) is 6.01 Å². The number of aryl methyl sites for hydroxylation is 1. The molecule has 0 amide bonds. The largest absolute Gasteiger partial charge is 0.460 e. The molecular formula is C9H12BrN3O. The molecule has 1 aromatic heterocycles. The molecule has 1 heterocycles. The van der Waals surface area contributed by atoms with Crippen molar-refractivity contribution in [3.63, 3.8) is 0 Å². The van der Waals surface area contributed by atoms with Crippen molar-refractivity contribution in [3.05, 3.63) is 16.4 Å². The van der Waals surface area contributed by atoms with Gasteiger partial charge in [0.25, 0.3) is 0 Å². The first-order valence-electron chi connectivity index (χ1n) is 4.56. The highest BCUT2D eigenvalue weighted by Gasteiger charge is 2.28. The maximum Gasteiger partial charge on any atom is 0.316 e. The summed E-state index contributed by atoms with van der Waals surface area (Å²) in [4.78, 5) is 8.26. The minimum atomic E-state index is 0.200. The van der Waals surface area contributed by atoms with E-state index in [1.54, 1.807) is 6.20 Å².